The Balaban J connectivity index is 2.05. The van der Waals surface area contributed by atoms with Gasteiger partial charge in [0.15, 0.2) is 0 Å². The smallest absolute Gasteiger partial charge is 0.264 e. The summed E-state index contributed by atoms with van der Waals surface area (Å²) >= 11 is 0. The molecule has 9 nitrogen and oxygen atoms in total. The van der Waals surface area contributed by atoms with Gasteiger partial charge in [-0.15, -0.1) is 0 Å². The van der Waals surface area contributed by atoms with Crippen LogP contribution < -0.4 is 19.1 Å². The maximum absolute atomic E-state index is 14.2. The molecule has 0 aliphatic carbocycles. The number of ether oxygens (including phenoxy) is 2. The lowest BCUT2D eigenvalue weighted by Crippen LogP contribution is -2.52. The standard InChI is InChI=1S/C32H41N3O6S/c1-6-8-20-33-32(37)30(7-2)34(22-25-14-16-27(40-4)17-15-25)31(36)23-35(26-10-9-11-28(21-26)41-5)42(38,39)29-18-12-24(3)13-19-29/h9-19,21,30H,6-8,20,22-23H2,1-5H3,(H,33,37). The van der Waals surface area contributed by atoms with Gasteiger partial charge >= 0.3 is 0 Å². The van der Waals surface area contributed by atoms with Crippen LogP contribution in [-0.2, 0) is 26.2 Å². The van der Waals surface area contributed by atoms with Crippen LogP contribution in [0, 0.1) is 6.92 Å². The van der Waals surface area contributed by atoms with Crippen molar-refractivity contribution in [3.63, 3.8) is 0 Å². The van der Waals surface area contributed by atoms with Gasteiger partial charge in [-0.1, -0.05) is 56.2 Å². The molecule has 0 heterocycles. The molecule has 0 aliphatic heterocycles. The quantitative estimate of drug-likeness (QED) is 0.250. The van der Waals surface area contributed by atoms with E-state index < -0.39 is 28.5 Å². The number of rotatable bonds is 15. The van der Waals surface area contributed by atoms with Gasteiger partial charge in [-0.25, -0.2) is 8.42 Å². The summed E-state index contributed by atoms with van der Waals surface area (Å²) in [6.45, 7) is 5.82. The van der Waals surface area contributed by atoms with Gasteiger partial charge in [0, 0.05) is 19.2 Å². The van der Waals surface area contributed by atoms with Crippen LogP contribution in [0.15, 0.2) is 77.7 Å². The number of nitrogens with one attached hydrogen (secondary N) is 1. The molecule has 0 spiro atoms. The van der Waals surface area contributed by atoms with E-state index in [0.717, 1.165) is 28.3 Å². The molecule has 42 heavy (non-hydrogen) atoms. The van der Waals surface area contributed by atoms with Crippen LogP contribution in [-0.4, -0.2) is 58.5 Å². The lowest BCUT2D eigenvalue weighted by Gasteiger charge is -2.33. The minimum absolute atomic E-state index is 0.0507. The third kappa shape index (κ3) is 8.25. The van der Waals surface area contributed by atoms with E-state index in [1.807, 2.05) is 32.9 Å². The van der Waals surface area contributed by atoms with E-state index in [4.69, 9.17) is 9.47 Å². The molecule has 0 radical (unpaired) electrons. The second-order valence-corrected chi connectivity index (χ2v) is 11.8. The Kier molecular flexibility index (Phi) is 11.8. The Morgan fingerprint density at radius 1 is 0.905 bits per heavy atom. The zero-order chi connectivity index (χ0) is 30.7. The molecule has 2 amide bonds. The maximum atomic E-state index is 14.2. The van der Waals surface area contributed by atoms with E-state index >= 15 is 0 Å². The highest BCUT2D eigenvalue weighted by Crippen LogP contribution is 2.28. The third-order valence-electron chi connectivity index (χ3n) is 6.96. The summed E-state index contributed by atoms with van der Waals surface area (Å²) in [6, 6.07) is 19.4. The number of amides is 2. The Hall–Kier alpha value is -4.05. The summed E-state index contributed by atoms with van der Waals surface area (Å²) in [5.74, 6) is 0.319. The first kappa shape index (κ1) is 32.5. The Bertz CT molecular complexity index is 1430. The van der Waals surface area contributed by atoms with Gasteiger partial charge in [-0.2, -0.15) is 0 Å². The number of methoxy groups -OCH3 is 2. The van der Waals surface area contributed by atoms with E-state index in [0.29, 0.717) is 24.5 Å². The molecule has 3 aromatic rings. The highest BCUT2D eigenvalue weighted by Gasteiger charge is 2.33. The molecule has 1 unspecified atom stereocenters. The summed E-state index contributed by atoms with van der Waals surface area (Å²) in [5.41, 5.74) is 1.95. The Labute approximate surface area is 249 Å². The molecule has 0 aliphatic rings. The average molecular weight is 596 g/mol. The molecular formula is C32H41N3O6S. The van der Waals surface area contributed by atoms with E-state index in [-0.39, 0.29) is 23.0 Å². The van der Waals surface area contributed by atoms with Crippen LogP contribution in [0.4, 0.5) is 5.69 Å². The second-order valence-electron chi connectivity index (χ2n) is 9.96. The van der Waals surface area contributed by atoms with E-state index in [1.165, 1.54) is 24.1 Å². The molecule has 0 saturated carbocycles. The number of sulfonamides is 1. The van der Waals surface area contributed by atoms with Crippen LogP contribution in [0.1, 0.15) is 44.2 Å². The van der Waals surface area contributed by atoms with Crippen LogP contribution in [0.2, 0.25) is 0 Å². The van der Waals surface area contributed by atoms with Crippen LogP contribution in [0.5, 0.6) is 11.5 Å². The number of anilines is 1. The van der Waals surface area contributed by atoms with Crippen molar-refractivity contribution in [1.29, 1.82) is 0 Å². The highest BCUT2D eigenvalue weighted by atomic mass is 32.2. The molecule has 1 atom stereocenters. The Morgan fingerprint density at radius 2 is 1.57 bits per heavy atom. The Morgan fingerprint density at radius 3 is 2.17 bits per heavy atom. The largest absolute Gasteiger partial charge is 0.497 e. The van der Waals surface area contributed by atoms with Crippen molar-refractivity contribution >= 4 is 27.5 Å². The fraction of sp³-hybridized carbons (Fsp3) is 0.375. The highest BCUT2D eigenvalue weighted by molar-refractivity contribution is 7.92. The number of nitrogens with zero attached hydrogens (tertiary/aromatic N) is 2. The van der Waals surface area contributed by atoms with Crippen molar-refractivity contribution in [2.45, 2.75) is 57.5 Å². The number of unbranched alkanes of at least 4 members (excludes halogenated alkanes) is 1. The molecule has 226 valence electrons. The molecule has 3 rings (SSSR count). The van der Waals surface area contributed by atoms with Crippen LogP contribution in [0.25, 0.3) is 0 Å². The molecule has 3 aromatic carbocycles. The van der Waals surface area contributed by atoms with Gasteiger partial charge in [-0.3, -0.25) is 13.9 Å². The fourth-order valence-corrected chi connectivity index (χ4v) is 5.89. The number of carbonyl (C=O) groups excluding carboxylic acids is 2. The van der Waals surface area contributed by atoms with Crippen molar-refractivity contribution in [1.82, 2.24) is 10.2 Å². The van der Waals surface area contributed by atoms with Crippen molar-refractivity contribution in [2.24, 2.45) is 0 Å². The second kappa shape index (κ2) is 15.3. The number of benzene rings is 3. The molecule has 0 bridgehead atoms. The van der Waals surface area contributed by atoms with Crippen LogP contribution >= 0.6 is 0 Å². The summed E-state index contributed by atoms with van der Waals surface area (Å²) in [7, 11) is -1.10. The van der Waals surface area contributed by atoms with Gasteiger partial charge in [0.1, 0.15) is 24.1 Å². The monoisotopic (exact) mass is 595 g/mol. The van der Waals surface area contributed by atoms with Gasteiger partial charge in [-0.05, 0) is 61.7 Å². The normalized spacial score (nSPS) is 11.8. The zero-order valence-corrected chi connectivity index (χ0v) is 25.8. The van der Waals surface area contributed by atoms with Gasteiger partial charge < -0.3 is 19.7 Å². The predicted octanol–water partition coefficient (Wildman–Crippen LogP) is 4.93. The zero-order valence-electron chi connectivity index (χ0n) is 25.0. The van der Waals surface area contributed by atoms with E-state index in [2.05, 4.69) is 5.32 Å². The topological polar surface area (TPSA) is 105 Å². The van der Waals surface area contributed by atoms with Crippen molar-refractivity contribution in [3.8, 4) is 11.5 Å². The number of aryl methyl sites for hydroxylation is 1. The first-order valence-electron chi connectivity index (χ1n) is 14.1. The summed E-state index contributed by atoms with van der Waals surface area (Å²) < 4.78 is 39.7. The van der Waals surface area contributed by atoms with Crippen LogP contribution in [0.3, 0.4) is 0 Å². The summed E-state index contributed by atoms with van der Waals surface area (Å²) in [6.07, 6.45) is 2.08. The first-order chi connectivity index (χ1) is 20.1. The predicted molar refractivity (Wildman–Crippen MR) is 164 cm³/mol. The molecule has 0 aromatic heterocycles. The fourth-order valence-electron chi connectivity index (χ4n) is 4.49. The number of carbonyl (C=O) groups is 2. The van der Waals surface area contributed by atoms with E-state index in [1.54, 1.807) is 55.6 Å². The molecular weight excluding hydrogens is 554 g/mol. The minimum Gasteiger partial charge on any atom is -0.497 e. The lowest BCUT2D eigenvalue weighted by atomic mass is 10.1. The molecule has 0 saturated heterocycles. The average Bonchev–Trinajstić information content (AvgIpc) is 3.00. The van der Waals surface area contributed by atoms with Crippen molar-refractivity contribution in [2.75, 3.05) is 31.6 Å². The van der Waals surface area contributed by atoms with Crippen molar-refractivity contribution < 1.29 is 27.5 Å². The SMILES string of the molecule is CCCCNC(=O)C(CC)N(Cc1ccc(OC)cc1)C(=O)CN(c1cccc(OC)c1)S(=O)(=O)c1ccc(C)cc1. The summed E-state index contributed by atoms with van der Waals surface area (Å²) in [5, 5.41) is 2.93. The molecule has 10 heteroatoms. The number of hydrogen-bond donors (Lipinski definition) is 1. The minimum atomic E-state index is -4.16. The van der Waals surface area contributed by atoms with Crippen molar-refractivity contribution in [3.05, 3.63) is 83.9 Å². The van der Waals surface area contributed by atoms with Gasteiger partial charge in [0.05, 0.1) is 24.8 Å². The third-order valence-corrected chi connectivity index (χ3v) is 8.74. The first-order valence-corrected chi connectivity index (χ1v) is 15.5. The van der Waals surface area contributed by atoms with E-state index in [9.17, 15) is 18.0 Å². The molecule has 0 fully saturated rings. The summed E-state index contributed by atoms with van der Waals surface area (Å²) in [4.78, 5) is 29.0. The van der Waals surface area contributed by atoms with Gasteiger partial charge in [0.25, 0.3) is 10.0 Å². The maximum Gasteiger partial charge on any atom is 0.264 e. The van der Waals surface area contributed by atoms with Gasteiger partial charge in [0.2, 0.25) is 11.8 Å². The lowest BCUT2D eigenvalue weighted by molar-refractivity contribution is -0.140. The molecule has 1 N–H and O–H groups in total. The number of hydrogen-bond acceptors (Lipinski definition) is 6.